The molecular formula is C16H20N4O. The lowest BCUT2D eigenvalue weighted by Crippen LogP contribution is -2.23. The second-order valence-corrected chi connectivity index (χ2v) is 5.79. The van der Waals surface area contributed by atoms with Gasteiger partial charge in [-0.15, -0.1) is 0 Å². The fraction of sp³-hybridized carbons (Fsp3) is 0.438. The SMILES string of the molecule is CC(=O)c1ccc2c(c1)CCN2Cc1ncnn1C(C)C. The lowest BCUT2D eigenvalue weighted by molar-refractivity contribution is 0.101. The minimum absolute atomic E-state index is 0.121. The van der Waals surface area contributed by atoms with E-state index in [0.717, 1.165) is 30.9 Å². The largest absolute Gasteiger partial charge is 0.363 e. The number of aromatic nitrogens is 3. The number of carbonyl (C=O) groups is 1. The molecule has 0 fully saturated rings. The van der Waals surface area contributed by atoms with Crippen molar-refractivity contribution in [1.29, 1.82) is 0 Å². The van der Waals surface area contributed by atoms with Crippen LogP contribution < -0.4 is 4.90 Å². The van der Waals surface area contributed by atoms with E-state index in [9.17, 15) is 4.79 Å². The molecule has 5 heteroatoms. The monoisotopic (exact) mass is 284 g/mol. The molecule has 0 unspecified atom stereocenters. The summed E-state index contributed by atoms with van der Waals surface area (Å²) in [5.41, 5.74) is 3.25. The number of nitrogens with zero attached hydrogens (tertiary/aromatic N) is 4. The highest BCUT2D eigenvalue weighted by molar-refractivity contribution is 5.94. The van der Waals surface area contributed by atoms with Crippen LogP contribution in [0, 0.1) is 0 Å². The van der Waals surface area contributed by atoms with Crippen molar-refractivity contribution < 1.29 is 4.79 Å². The molecule has 0 saturated carbocycles. The summed E-state index contributed by atoms with van der Waals surface area (Å²) in [5.74, 6) is 1.10. The standard InChI is InChI=1S/C16H20N4O/c1-11(2)20-16(17-10-18-20)9-19-7-6-14-8-13(12(3)21)4-5-15(14)19/h4-5,8,10-11H,6-7,9H2,1-3H3. The highest BCUT2D eigenvalue weighted by Gasteiger charge is 2.22. The van der Waals surface area contributed by atoms with Gasteiger partial charge in [-0.2, -0.15) is 5.10 Å². The molecule has 1 aromatic heterocycles. The molecule has 2 heterocycles. The number of Topliss-reactive ketones (excluding diaryl/α,β-unsaturated/α-hetero) is 1. The number of ketones is 1. The number of rotatable bonds is 4. The third-order valence-corrected chi connectivity index (χ3v) is 3.95. The summed E-state index contributed by atoms with van der Waals surface area (Å²) < 4.78 is 1.96. The minimum atomic E-state index is 0.121. The van der Waals surface area contributed by atoms with Crippen molar-refractivity contribution in [2.24, 2.45) is 0 Å². The van der Waals surface area contributed by atoms with Gasteiger partial charge in [0.25, 0.3) is 0 Å². The van der Waals surface area contributed by atoms with Gasteiger partial charge in [-0.1, -0.05) is 0 Å². The number of fused-ring (bicyclic) bond motifs is 1. The van der Waals surface area contributed by atoms with Crippen molar-refractivity contribution in [1.82, 2.24) is 14.8 Å². The second-order valence-electron chi connectivity index (χ2n) is 5.79. The zero-order chi connectivity index (χ0) is 15.0. The van der Waals surface area contributed by atoms with Crippen LogP contribution >= 0.6 is 0 Å². The second kappa shape index (κ2) is 5.31. The van der Waals surface area contributed by atoms with Crippen molar-refractivity contribution in [3.63, 3.8) is 0 Å². The molecule has 110 valence electrons. The molecular weight excluding hydrogens is 264 g/mol. The summed E-state index contributed by atoms with van der Waals surface area (Å²) in [6.45, 7) is 7.54. The van der Waals surface area contributed by atoms with Crippen LogP contribution in [0.5, 0.6) is 0 Å². The lowest BCUT2D eigenvalue weighted by Gasteiger charge is -2.20. The quantitative estimate of drug-likeness (QED) is 0.810. The zero-order valence-electron chi connectivity index (χ0n) is 12.7. The number of anilines is 1. The van der Waals surface area contributed by atoms with Crippen molar-refractivity contribution in [2.45, 2.75) is 39.8 Å². The molecule has 0 saturated heterocycles. The van der Waals surface area contributed by atoms with E-state index in [0.29, 0.717) is 6.04 Å². The molecule has 0 atom stereocenters. The first-order chi connectivity index (χ1) is 10.1. The van der Waals surface area contributed by atoms with Gasteiger partial charge in [-0.3, -0.25) is 4.79 Å². The van der Waals surface area contributed by atoms with Crippen molar-refractivity contribution >= 4 is 11.5 Å². The first-order valence-electron chi connectivity index (χ1n) is 7.33. The summed E-state index contributed by atoms with van der Waals surface area (Å²) in [4.78, 5) is 18.2. The molecule has 2 aromatic rings. The Morgan fingerprint density at radius 3 is 2.90 bits per heavy atom. The Balaban J connectivity index is 1.84. The van der Waals surface area contributed by atoms with Crippen LogP contribution in [-0.4, -0.2) is 27.1 Å². The molecule has 3 rings (SSSR count). The fourth-order valence-corrected chi connectivity index (χ4v) is 2.84. The van der Waals surface area contributed by atoms with Crippen molar-refractivity contribution in [3.8, 4) is 0 Å². The van der Waals surface area contributed by atoms with E-state index in [1.807, 2.05) is 16.8 Å². The highest BCUT2D eigenvalue weighted by atomic mass is 16.1. The van der Waals surface area contributed by atoms with Gasteiger partial charge in [-0.25, -0.2) is 9.67 Å². The third-order valence-electron chi connectivity index (χ3n) is 3.95. The van der Waals surface area contributed by atoms with Crippen LogP contribution in [0.1, 0.15) is 48.6 Å². The zero-order valence-corrected chi connectivity index (χ0v) is 12.7. The van der Waals surface area contributed by atoms with E-state index in [-0.39, 0.29) is 5.78 Å². The Morgan fingerprint density at radius 2 is 2.19 bits per heavy atom. The summed E-state index contributed by atoms with van der Waals surface area (Å²) in [7, 11) is 0. The minimum Gasteiger partial charge on any atom is -0.363 e. The predicted octanol–water partition coefficient (Wildman–Crippen LogP) is 2.62. The Bertz CT molecular complexity index is 675. The fourth-order valence-electron chi connectivity index (χ4n) is 2.84. The Labute approximate surface area is 124 Å². The van der Waals surface area contributed by atoms with Gasteiger partial charge in [0.2, 0.25) is 0 Å². The molecule has 0 amide bonds. The number of hydrogen-bond donors (Lipinski definition) is 0. The van der Waals surface area contributed by atoms with Gasteiger partial charge in [0.1, 0.15) is 12.2 Å². The van der Waals surface area contributed by atoms with Crippen molar-refractivity contribution in [3.05, 3.63) is 41.5 Å². The van der Waals surface area contributed by atoms with E-state index in [4.69, 9.17) is 0 Å². The first-order valence-corrected chi connectivity index (χ1v) is 7.33. The maximum Gasteiger partial charge on any atom is 0.159 e. The van der Waals surface area contributed by atoms with Crippen LogP contribution in [-0.2, 0) is 13.0 Å². The van der Waals surface area contributed by atoms with E-state index < -0.39 is 0 Å². The molecule has 0 radical (unpaired) electrons. The molecule has 0 bridgehead atoms. The van der Waals surface area contributed by atoms with E-state index in [1.54, 1.807) is 13.3 Å². The van der Waals surface area contributed by atoms with Crippen LogP contribution in [0.15, 0.2) is 24.5 Å². The van der Waals surface area contributed by atoms with Gasteiger partial charge in [0, 0.05) is 23.8 Å². The summed E-state index contributed by atoms with van der Waals surface area (Å²) >= 11 is 0. The van der Waals surface area contributed by atoms with Gasteiger partial charge in [-0.05, 0) is 51.0 Å². The highest BCUT2D eigenvalue weighted by Crippen LogP contribution is 2.30. The Morgan fingerprint density at radius 1 is 1.38 bits per heavy atom. The van der Waals surface area contributed by atoms with Crippen LogP contribution in [0.3, 0.4) is 0 Å². The number of benzene rings is 1. The lowest BCUT2D eigenvalue weighted by atomic mass is 10.1. The Hall–Kier alpha value is -2.17. The normalized spacial score (nSPS) is 13.8. The topological polar surface area (TPSA) is 51.0 Å². The van der Waals surface area contributed by atoms with E-state index in [1.165, 1.54) is 11.3 Å². The van der Waals surface area contributed by atoms with Crippen molar-refractivity contribution in [2.75, 3.05) is 11.4 Å². The molecule has 21 heavy (non-hydrogen) atoms. The first kappa shape index (κ1) is 13.8. The number of hydrogen-bond acceptors (Lipinski definition) is 4. The summed E-state index contributed by atoms with van der Waals surface area (Å²) in [5, 5.41) is 4.29. The third kappa shape index (κ3) is 2.55. The van der Waals surface area contributed by atoms with Gasteiger partial charge in [0.15, 0.2) is 5.78 Å². The average Bonchev–Trinajstić information content (AvgIpc) is 3.06. The molecule has 1 aromatic carbocycles. The van der Waals surface area contributed by atoms with Gasteiger partial charge >= 0.3 is 0 Å². The molecule has 0 N–H and O–H groups in total. The molecule has 0 aliphatic carbocycles. The molecule has 1 aliphatic heterocycles. The molecule has 0 spiro atoms. The van der Waals surface area contributed by atoms with Crippen LogP contribution in [0.25, 0.3) is 0 Å². The molecule has 5 nitrogen and oxygen atoms in total. The van der Waals surface area contributed by atoms with Crippen LogP contribution in [0.2, 0.25) is 0 Å². The van der Waals surface area contributed by atoms with Gasteiger partial charge < -0.3 is 4.90 Å². The summed E-state index contributed by atoms with van der Waals surface area (Å²) in [6, 6.07) is 6.29. The molecule has 1 aliphatic rings. The maximum atomic E-state index is 11.5. The smallest absolute Gasteiger partial charge is 0.159 e. The van der Waals surface area contributed by atoms with E-state index >= 15 is 0 Å². The Kier molecular flexibility index (Phi) is 3.49. The van der Waals surface area contributed by atoms with Gasteiger partial charge in [0.05, 0.1) is 6.54 Å². The van der Waals surface area contributed by atoms with Crippen LogP contribution in [0.4, 0.5) is 5.69 Å². The summed E-state index contributed by atoms with van der Waals surface area (Å²) in [6.07, 6.45) is 2.59. The average molecular weight is 284 g/mol. The number of carbonyl (C=O) groups excluding carboxylic acids is 1. The predicted molar refractivity (Wildman–Crippen MR) is 81.6 cm³/mol. The maximum absolute atomic E-state index is 11.5. The van der Waals surface area contributed by atoms with E-state index in [2.05, 4.69) is 34.9 Å².